The van der Waals surface area contributed by atoms with E-state index in [4.69, 9.17) is 4.42 Å². The molecule has 1 atom stereocenters. The van der Waals surface area contributed by atoms with Gasteiger partial charge in [0, 0.05) is 5.75 Å². The molecule has 1 nitrogen and oxygen atoms in total. The molecule has 0 bridgehead atoms. The Balaban J connectivity index is 2.08. The monoisotopic (exact) mass is 246 g/mol. The molecule has 0 radical (unpaired) electrons. The van der Waals surface area contributed by atoms with Crippen LogP contribution < -0.4 is 0 Å². The number of rotatable bonds is 1. The van der Waals surface area contributed by atoms with E-state index in [0.29, 0.717) is 0 Å². The number of furan rings is 1. The van der Waals surface area contributed by atoms with Crippen LogP contribution in [-0.4, -0.2) is 11.5 Å². The van der Waals surface area contributed by atoms with Crippen LogP contribution in [0.4, 0.5) is 0 Å². The third kappa shape index (κ3) is 1.88. The van der Waals surface area contributed by atoms with Gasteiger partial charge in [-0.25, -0.2) is 0 Å². The summed E-state index contributed by atoms with van der Waals surface area (Å²) in [6, 6.07) is 2.09. The highest BCUT2D eigenvalue weighted by molar-refractivity contribution is 9.10. The first-order valence-electron chi connectivity index (χ1n) is 4.18. The molecular formula is C9H11BrOS. The number of hydrogen-bond donors (Lipinski definition) is 0. The molecule has 0 amide bonds. The summed E-state index contributed by atoms with van der Waals surface area (Å²) in [4.78, 5) is 0. The van der Waals surface area contributed by atoms with Gasteiger partial charge in [0.25, 0.3) is 0 Å². The van der Waals surface area contributed by atoms with Gasteiger partial charge in [0.1, 0.15) is 0 Å². The molecule has 0 aromatic carbocycles. The molecule has 1 unspecified atom stereocenters. The third-order valence-corrected chi connectivity index (χ3v) is 3.85. The van der Waals surface area contributed by atoms with Gasteiger partial charge in [-0.2, -0.15) is 11.8 Å². The highest BCUT2D eigenvalue weighted by Crippen LogP contribution is 2.32. The maximum absolute atomic E-state index is 5.23. The Hall–Kier alpha value is 0.110. The molecule has 0 spiro atoms. The van der Waals surface area contributed by atoms with Gasteiger partial charge in [0.2, 0.25) is 0 Å². The summed E-state index contributed by atoms with van der Waals surface area (Å²) in [6.45, 7) is 0. The zero-order chi connectivity index (χ0) is 8.39. The van der Waals surface area contributed by atoms with Crippen LogP contribution in [0.15, 0.2) is 21.4 Å². The molecule has 12 heavy (non-hydrogen) atoms. The average Bonchev–Trinajstić information content (AvgIpc) is 2.54. The molecule has 1 aliphatic heterocycles. The van der Waals surface area contributed by atoms with Crippen molar-refractivity contribution in [2.45, 2.75) is 18.8 Å². The second-order valence-corrected chi connectivity index (χ2v) is 5.03. The van der Waals surface area contributed by atoms with Crippen LogP contribution in [0.3, 0.4) is 0 Å². The second kappa shape index (κ2) is 3.88. The van der Waals surface area contributed by atoms with Crippen LogP contribution in [-0.2, 0) is 0 Å². The molecule has 2 heterocycles. The quantitative estimate of drug-likeness (QED) is 0.751. The highest BCUT2D eigenvalue weighted by Gasteiger charge is 2.17. The van der Waals surface area contributed by atoms with E-state index in [0.717, 1.165) is 10.6 Å². The van der Waals surface area contributed by atoms with Gasteiger partial charge in [-0.05, 0) is 52.1 Å². The van der Waals surface area contributed by atoms with E-state index in [2.05, 4.69) is 33.8 Å². The summed E-state index contributed by atoms with van der Waals surface area (Å²) >= 11 is 5.38. The normalized spacial score (nSPS) is 24.2. The Morgan fingerprint density at radius 3 is 3.08 bits per heavy atom. The van der Waals surface area contributed by atoms with Gasteiger partial charge in [-0.3, -0.25) is 0 Å². The van der Waals surface area contributed by atoms with Crippen LogP contribution >= 0.6 is 27.7 Å². The Labute approximate surface area is 85.0 Å². The number of thioether (sulfide) groups is 1. The molecular weight excluding hydrogens is 236 g/mol. The molecule has 3 heteroatoms. The molecule has 0 saturated carbocycles. The maximum atomic E-state index is 5.23. The third-order valence-electron chi connectivity index (χ3n) is 2.22. The van der Waals surface area contributed by atoms with Crippen molar-refractivity contribution in [2.24, 2.45) is 0 Å². The predicted octanol–water partition coefficient (Wildman–Crippen LogP) is 3.65. The summed E-state index contributed by atoms with van der Waals surface area (Å²) in [5.74, 6) is 3.31. The zero-order valence-corrected chi connectivity index (χ0v) is 9.16. The molecule has 1 aliphatic rings. The van der Waals surface area contributed by atoms with Crippen molar-refractivity contribution in [1.82, 2.24) is 0 Å². The van der Waals surface area contributed by atoms with Crippen molar-refractivity contribution in [1.29, 1.82) is 0 Å². The Morgan fingerprint density at radius 2 is 2.50 bits per heavy atom. The van der Waals surface area contributed by atoms with E-state index >= 15 is 0 Å². The maximum Gasteiger partial charge on any atom is 0.169 e. The lowest BCUT2D eigenvalue weighted by molar-refractivity contribution is 0.533. The lowest BCUT2D eigenvalue weighted by atomic mass is 9.99. The molecule has 66 valence electrons. The SMILES string of the molecule is Brc1cc(C2CCCSC2)co1. The molecule has 0 aliphatic carbocycles. The zero-order valence-electron chi connectivity index (χ0n) is 6.75. The molecule has 1 saturated heterocycles. The van der Waals surface area contributed by atoms with E-state index in [1.807, 2.05) is 6.26 Å². The smallest absolute Gasteiger partial charge is 0.169 e. The Kier molecular flexibility index (Phi) is 2.81. The fraction of sp³-hybridized carbons (Fsp3) is 0.556. The number of hydrogen-bond acceptors (Lipinski definition) is 2. The minimum absolute atomic E-state index is 0.721. The van der Waals surface area contributed by atoms with Crippen LogP contribution in [0.1, 0.15) is 24.3 Å². The van der Waals surface area contributed by atoms with Crippen LogP contribution in [0, 0.1) is 0 Å². The Bertz CT molecular complexity index is 253. The molecule has 1 fully saturated rings. The van der Waals surface area contributed by atoms with Crippen molar-refractivity contribution in [3.8, 4) is 0 Å². The van der Waals surface area contributed by atoms with E-state index in [1.165, 1.54) is 29.9 Å². The lowest BCUT2D eigenvalue weighted by Gasteiger charge is -2.19. The van der Waals surface area contributed by atoms with Crippen molar-refractivity contribution >= 4 is 27.7 Å². The van der Waals surface area contributed by atoms with Gasteiger partial charge >= 0.3 is 0 Å². The van der Waals surface area contributed by atoms with Gasteiger partial charge in [-0.1, -0.05) is 0 Å². The van der Waals surface area contributed by atoms with E-state index in [-0.39, 0.29) is 0 Å². The van der Waals surface area contributed by atoms with Crippen molar-refractivity contribution in [2.75, 3.05) is 11.5 Å². The van der Waals surface area contributed by atoms with E-state index < -0.39 is 0 Å². The standard InChI is InChI=1S/C9H11BrOS/c10-9-4-8(5-11-9)7-2-1-3-12-6-7/h4-5,7H,1-3,6H2. The Morgan fingerprint density at radius 1 is 1.58 bits per heavy atom. The molecule has 0 N–H and O–H groups in total. The first-order valence-corrected chi connectivity index (χ1v) is 6.13. The highest BCUT2D eigenvalue weighted by atomic mass is 79.9. The van der Waals surface area contributed by atoms with Gasteiger partial charge in [0.05, 0.1) is 6.26 Å². The molecule has 2 rings (SSSR count). The fourth-order valence-electron chi connectivity index (χ4n) is 1.54. The van der Waals surface area contributed by atoms with Gasteiger partial charge in [-0.15, -0.1) is 0 Å². The van der Waals surface area contributed by atoms with E-state index in [1.54, 1.807) is 0 Å². The van der Waals surface area contributed by atoms with Gasteiger partial charge < -0.3 is 4.42 Å². The summed E-state index contributed by atoms with van der Waals surface area (Å²) < 4.78 is 6.08. The summed E-state index contributed by atoms with van der Waals surface area (Å²) in [5.41, 5.74) is 1.36. The van der Waals surface area contributed by atoms with E-state index in [9.17, 15) is 0 Å². The summed E-state index contributed by atoms with van der Waals surface area (Å²) in [7, 11) is 0. The van der Waals surface area contributed by atoms with Gasteiger partial charge in [0.15, 0.2) is 4.67 Å². The minimum Gasteiger partial charge on any atom is -0.457 e. The van der Waals surface area contributed by atoms with Crippen LogP contribution in [0.5, 0.6) is 0 Å². The largest absolute Gasteiger partial charge is 0.457 e. The molecule has 1 aromatic rings. The number of halogens is 1. The first kappa shape index (κ1) is 8.70. The van der Waals surface area contributed by atoms with Crippen molar-refractivity contribution < 1.29 is 4.42 Å². The minimum atomic E-state index is 0.721. The predicted molar refractivity (Wildman–Crippen MR) is 55.7 cm³/mol. The van der Waals surface area contributed by atoms with Crippen LogP contribution in [0.2, 0.25) is 0 Å². The van der Waals surface area contributed by atoms with Crippen molar-refractivity contribution in [3.05, 3.63) is 22.6 Å². The summed E-state index contributed by atoms with van der Waals surface area (Å²) in [5, 5.41) is 0. The summed E-state index contributed by atoms with van der Waals surface area (Å²) in [6.07, 6.45) is 4.54. The van der Waals surface area contributed by atoms with Crippen molar-refractivity contribution in [3.63, 3.8) is 0 Å². The second-order valence-electron chi connectivity index (χ2n) is 3.10. The molecule has 1 aromatic heterocycles. The first-order chi connectivity index (χ1) is 5.86. The lowest BCUT2D eigenvalue weighted by Crippen LogP contribution is -2.07. The van der Waals surface area contributed by atoms with Crippen LogP contribution in [0.25, 0.3) is 0 Å². The fourth-order valence-corrected chi connectivity index (χ4v) is 3.08. The topological polar surface area (TPSA) is 13.1 Å². The average molecular weight is 247 g/mol.